The van der Waals surface area contributed by atoms with Gasteiger partial charge in [-0.15, -0.1) is 0 Å². The van der Waals surface area contributed by atoms with Crippen LogP contribution < -0.4 is 10.2 Å². The van der Waals surface area contributed by atoms with Crippen LogP contribution in [0.1, 0.15) is 50.2 Å². The summed E-state index contributed by atoms with van der Waals surface area (Å²) in [4.78, 5) is 2.61. The molecule has 1 aromatic carbocycles. The fourth-order valence-corrected chi connectivity index (χ4v) is 4.04. The Labute approximate surface area is 128 Å². The number of fused-ring (bicyclic) bond motifs is 2. The Bertz CT molecular complexity index is 532. The van der Waals surface area contributed by atoms with Gasteiger partial charge in [-0.25, -0.2) is 0 Å². The third kappa shape index (κ3) is 2.78. The molecule has 2 heterocycles. The van der Waals surface area contributed by atoms with Crippen LogP contribution in [0.3, 0.4) is 0 Å². The van der Waals surface area contributed by atoms with Gasteiger partial charge < -0.3 is 10.2 Å². The van der Waals surface area contributed by atoms with E-state index in [1.54, 1.807) is 0 Å². The van der Waals surface area contributed by atoms with E-state index < -0.39 is 0 Å². The molecule has 0 spiro atoms. The third-order valence-corrected chi connectivity index (χ3v) is 5.03. The zero-order chi connectivity index (χ0) is 14.8. The Hall–Kier alpha value is -1.53. The zero-order valence-corrected chi connectivity index (χ0v) is 13.1. The molecule has 21 heavy (non-hydrogen) atoms. The standard InChI is InChI=1S/C18H25N3/c1-3-8-20-15-10-16-6-7-17(11-15)21(16)18-9-14(12-19)5-4-13(18)2/h4-5,9,15-17,20H,3,6-8,10-11H2,1-2H3. The molecule has 2 bridgehead atoms. The highest BCUT2D eigenvalue weighted by Gasteiger charge is 2.40. The molecule has 2 unspecified atom stereocenters. The molecule has 2 saturated heterocycles. The fraction of sp³-hybridized carbons (Fsp3) is 0.611. The Balaban J connectivity index is 1.81. The minimum absolute atomic E-state index is 0.644. The summed E-state index contributed by atoms with van der Waals surface area (Å²) in [5.41, 5.74) is 3.36. The van der Waals surface area contributed by atoms with Gasteiger partial charge in [-0.05, 0) is 63.3 Å². The lowest BCUT2D eigenvalue weighted by Crippen LogP contribution is -2.49. The van der Waals surface area contributed by atoms with Crippen molar-refractivity contribution in [3.8, 4) is 6.07 Å². The summed E-state index contributed by atoms with van der Waals surface area (Å²) in [6.45, 7) is 5.53. The lowest BCUT2D eigenvalue weighted by Gasteiger charge is -2.41. The third-order valence-electron chi connectivity index (χ3n) is 5.03. The number of hydrogen-bond acceptors (Lipinski definition) is 3. The van der Waals surface area contributed by atoms with Crippen molar-refractivity contribution in [2.24, 2.45) is 0 Å². The maximum Gasteiger partial charge on any atom is 0.0992 e. The van der Waals surface area contributed by atoms with Gasteiger partial charge in [-0.3, -0.25) is 0 Å². The van der Waals surface area contributed by atoms with E-state index in [9.17, 15) is 0 Å². The fourth-order valence-electron chi connectivity index (χ4n) is 4.04. The minimum Gasteiger partial charge on any atom is -0.365 e. The lowest BCUT2D eigenvalue weighted by atomic mass is 9.95. The number of anilines is 1. The van der Waals surface area contributed by atoms with E-state index in [0.717, 1.165) is 12.1 Å². The van der Waals surface area contributed by atoms with Gasteiger partial charge in [-0.2, -0.15) is 5.26 Å². The molecule has 0 radical (unpaired) electrons. The normalized spacial score (nSPS) is 27.7. The minimum atomic E-state index is 0.644. The van der Waals surface area contributed by atoms with Crippen LogP contribution in [0.4, 0.5) is 5.69 Å². The number of benzene rings is 1. The highest BCUT2D eigenvalue weighted by Crippen LogP contribution is 2.40. The molecular weight excluding hydrogens is 258 g/mol. The number of nitrogens with zero attached hydrogens (tertiary/aromatic N) is 2. The van der Waals surface area contributed by atoms with Crippen molar-refractivity contribution < 1.29 is 0 Å². The average Bonchev–Trinajstić information content (AvgIpc) is 2.76. The quantitative estimate of drug-likeness (QED) is 0.921. The summed E-state index contributed by atoms with van der Waals surface area (Å²) in [5.74, 6) is 0. The van der Waals surface area contributed by atoms with Crippen LogP contribution in [0.5, 0.6) is 0 Å². The number of nitriles is 1. The van der Waals surface area contributed by atoms with Crippen molar-refractivity contribution in [1.82, 2.24) is 5.32 Å². The molecule has 0 aromatic heterocycles. The van der Waals surface area contributed by atoms with Crippen LogP contribution in [-0.4, -0.2) is 24.7 Å². The SMILES string of the molecule is CCCNC1CC2CCC(C1)N2c1cc(C#N)ccc1C. The second kappa shape index (κ2) is 6.07. The molecule has 2 atom stereocenters. The molecule has 0 aliphatic carbocycles. The van der Waals surface area contributed by atoms with E-state index in [4.69, 9.17) is 5.26 Å². The summed E-state index contributed by atoms with van der Waals surface area (Å²) in [6.07, 6.45) is 6.29. The number of nitrogens with one attached hydrogen (secondary N) is 1. The molecule has 112 valence electrons. The van der Waals surface area contributed by atoms with Gasteiger partial charge in [0.15, 0.2) is 0 Å². The smallest absolute Gasteiger partial charge is 0.0992 e. The first-order valence-electron chi connectivity index (χ1n) is 8.25. The molecule has 2 aliphatic heterocycles. The second-order valence-electron chi connectivity index (χ2n) is 6.53. The largest absolute Gasteiger partial charge is 0.365 e. The number of piperidine rings is 1. The summed E-state index contributed by atoms with van der Waals surface area (Å²) < 4.78 is 0. The Morgan fingerprint density at radius 2 is 2.00 bits per heavy atom. The Kier molecular flexibility index (Phi) is 4.17. The van der Waals surface area contributed by atoms with Crippen LogP contribution in [0.25, 0.3) is 0 Å². The maximum absolute atomic E-state index is 9.16. The first-order valence-corrected chi connectivity index (χ1v) is 8.25. The van der Waals surface area contributed by atoms with E-state index >= 15 is 0 Å². The number of aryl methyl sites for hydroxylation is 1. The van der Waals surface area contributed by atoms with Crippen LogP contribution in [0, 0.1) is 18.3 Å². The monoisotopic (exact) mass is 283 g/mol. The van der Waals surface area contributed by atoms with E-state index in [0.29, 0.717) is 18.1 Å². The van der Waals surface area contributed by atoms with Crippen molar-refractivity contribution in [2.45, 2.75) is 64.1 Å². The molecule has 2 aliphatic rings. The van der Waals surface area contributed by atoms with Crippen LogP contribution in [0.15, 0.2) is 18.2 Å². The van der Waals surface area contributed by atoms with Gasteiger partial charge in [0.2, 0.25) is 0 Å². The molecule has 1 N–H and O–H groups in total. The van der Waals surface area contributed by atoms with Crippen LogP contribution >= 0.6 is 0 Å². The first-order chi connectivity index (χ1) is 10.2. The van der Waals surface area contributed by atoms with Crippen molar-refractivity contribution in [3.63, 3.8) is 0 Å². The molecular formula is C18H25N3. The van der Waals surface area contributed by atoms with E-state index in [2.05, 4.69) is 42.3 Å². The van der Waals surface area contributed by atoms with E-state index in [1.165, 1.54) is 43.4 Å². The molecule has 0 amide bonds. The van der Waals surface area contributed by atoms with Gasteiger partial charge in [0.25, 0.3) is 0 Å². The van der Waals surface area contributed by atoms with Crippen LogP contribution in [-0.2, 0) is 0 Å². The lowest BCUT2D eigenvalue weighted by molar-refractivity contribution is 0.356. The number of rotatable bonds is 4. The highest BCUT2D eigenvalue weighted by atomic mass is 15.2. The summed E-state index contributed by atoms with van der Waals surface area (Å²) in [7, 11) is 0. The van der Waals surface area contributed by atoms with Gasteiger partial charge in [-0.1, -0.05) is 13.0 Å². The molecule has 3 rings (SSSR count). The molecule has 2 fully saturated rings. The predicted molar refractivity (Wildman–Crippen MR) is 86.5 cm³/mol. The Morgan fingerprint density at radius 3 is 2.62 bits per heavy atom. The molecule has 3 nitrogen and oxygen atoms in total. The van der Waals surface area contributed by atoms with E-state index in [1.807, 2.05) is 6.07 Å². The predicted octanol–water partition coefficient (Wildman–Crippen LogP) is 3.37. The van der Waals surface area contributed by atoms with Gasteiger partial charge in [0.1, 0.15) is 0 Å². The van der Waals surface area contributed by atoms with Crippen molar-refractivity contribution in [3.05, 3.63) is 29.3 Å². The van der Waals surface area contributed by atoms with Crippen LogP contribution in [0.2, 0.25) is 0 Å². The van der Waals surface area contributed by atoms with Gasteiger partial charge in [0, 0.05) is 23.8 Å². The van der Waals surface area contributed by atoms with Crippen molar-refractivity contribution in [2.75, 3.05) is 11.4 Å². The van der Waals surface area contributed by atoms with Gasteiger partial charge in [0.05, 0.1) is 11.6 Å². The zero-order valence-electron chi connectivity index (χ0n) is 13.1. The first kappa shape index (κ1) is 14.4. The molecule has 0 saturated carbocycles. The summed E-state index contributed by atoms with van der Waals surface area (Å²) in [6, 6.07) is 10.4. The van der Waals surface area contributed by atoms with Gasteiger partial charge >= 0.3 is 0 Å². The van der Waals surface area contributed by atoms with Crippen molar-refractivity contribution in [1.29, 1.82) is 5.26 Å². The Morgan fingerprint density at radius 1 is 1.29 bits per heavy atom. The summed E-state index contributed by atoms with van der Waals surface area (Å²) >= 11 is 0. The highest BCUT2D eigenvalue weighted by molar-refractivity contribution is 5.59. The van der Waals surface area contributed by atoms with Crippen molar-refractivity contribution >= 4 is 5.69 Å². The number of hydrogen-bond donors (Lipinski definition) is 1. The van der Waals surface area contributed by atoms with E-state index in [-0.39, 0.29) is 0 Å². The summed E-state index contributed by atoms with van der Waals surface area (Å²) in [5, 5.41) is 12.9. The average molecular weight is 283 g/mol. The molecule has 1 aromatic rings. The second-order valence-corrected chi connectivity index (χ2v) is 6.53. The maximum atomic E-state index is 9.16. The topological polar surface area (TPSA) is 39.1 Å². The molecule has 3 heteroatoms.